The smallest absolute Gasteiger partial charge is 0.0914 e. The molecule has 0 spiro atoms. The van der Waals surface area contributed by atoms with Crippen molar-refractivity contribution < 1.29 is 5.11 Å². The highest BCUT2D eigenvalue weighted by molar-refractivity contribution is 5.17. The number of hydrogen-bond donors (Lipinski definition) is 2. The van der Waals surface area contributed by atoms with Crippen molar-refractivity contribution in [2.75, 3.05) is 13.1 Å². The summed E-state index contributed by atoms with van der Waals surface area (Å²) in [6.07, 6.45) is 4.69. The highest BCUT2D eigenvalue weighted by atomic mass is 16.3. The van der Waals surface area contributed by atoms with Crippen LogP contribution < -0.4 is 5.32 Å². The number of rotatable bonds is 9. The summed E-state index contributed by atoms with van der Waals surface area (Å²) in [7, 11) is 0. The van der Waals surface area contributed by atoms with Crippen molar-refractivity contribution in [3.8, 4) is 0 Å². The monoisotopic (exact) mass is 249 g/mol. The molecule has 0 saturated heterocycles. The lowest BCUT2D eigenvalue weighted by atomic mass is 9.99. The average Bonchev–Trinajstić information content (AvgIpc) is 2.43. The van der Waals surface area contributed by atoms with Gasteiger partial charge in [0, 0.05) is 6.54 Å². The Morgan fingerprint density at radius 2 is 1.83 bits per heavy atom. The molecule has 0 aliphatic rings. The largest absolute Gasteiger partial charge is 0.387 e. The molecule has 102 valence electrons. The zero-order valence-corrected chi connectivity index (χ0v) is 11.7. The molecule has 1 aromatic rings. The van der Waals surface area contributed by atoms with E-state index in [1.807, 2.05) is 30.3 Å². The first kappa shape index (κ1) is 15.2. The summed E-state index contributed by atoms with van der Waals surface area (Å²) in [5, 5.41) is 13.4. The molecular formula is C16H27NO. The van der Waals surface area contributed by atoms with Crippen molar-refractivity contribution in [2.24, 2.45) is 5.92 Å². The molecule has 0 saturated carbocycles. The van der Waals surface area contributed by atoms with Gasteiger partial charge >= 0.3 is 0 Å². The van der Waals surface area contributed by atoms with Gasteiger partial charge in [-0.05, 0) is 24.4 Å². The topological polar surface area (TPSA) is 32.3 Å². The van der Waals surface area contributed by atoms with E-state index in [0.29, 0.717) is 6.54 Å². The van der Waals surface area contributed by atoms with Gasteiger partial charge < -0.3 is 10.4 Å². The number of aliphatic hydroxyl groups is 1. The van der Waals surface area contributed by atoms with Gasteiger partial charge in [-0.2, -0.15) is 0 Å². The standard InChI is InChI=1S/C16H27NO/c1-3-5-9-14(4-2)12-17-13-16(18)15-10-7-6-8-11-15/h6-8,10-11,14,16-18H,3-5,9,12-13H2,1-2H3/t14-,16-/m1/s1. The van der Waals surface area contributed by atoms with Crippen LogP contribution in [0, 0.1) is 5.92 Å². The molecule has 0 radical (unpaired) electrons. The van der Waals surface area contributed by atoms with E-state index in [1.165, 1.54) is 25.7 Å². The normalized spacial score (nSPS) is 14.4. The van der Waals surface area contributed by atoms with E-state index >= 15 is 0 Å². The fourth-order valence-electron chi connectivity index (χ4n) is 2.16. The summed E-state index contributed by atoms with van der Waals surface area (Å²) in [5.41, 5.74) is 0.992. The van der Waals surface area contributed by atoms with Gasteiger partial charge in [-0.1, -0.05) is 63.4 Å². The number of nitrogens with one attached hydrogen (secondary N) is 1. The number of aliphatic hydroxyl groups excluding tert-OH is 1. The van der Waals surface area contributed by atoms with Crippen LogP contribution in [0.25, 0.3) is 0 Å². The van der Waals surface area contributed by atoms with Gasteiger partial charge in [0.2, 0.25) is 0 Å². The van der Waals surface area contributed by atoms with E-state index in [1.54, 1.807) is 0 Å². The van der Waals surface area contributed by atoms with E-state index in [9.17, 15) is 5.11 Å². The second-order valence-corrected chi connectivity index (χ2v) is 5.00. The van der Waals surface area contributed by atoms with Crippen LogP contribution in [-0.2, 0) is 0 Å². The molecular weight excluding hydrogens is 222 g/mol. The fraction of sp³-hybridized carbons (Fsp3) is 0.625. The minimum absolute atomic E-state index is 0.394. The Hall–Kier alpha value is -0.860. The van der Waals surface area contributed by atoms with Gasteiger partial charge in [-0.3, -0.25) is 0 Å². The number of hydrogen-bond acceptors (Lipinski definition) is 2. The number of unbranched alkanes of at least 4 members (excludes halogenated alkanes) is 1. The van der Waals surface area contributed by atoms with Crippen molar-refractivity contribution in [3.63, 3.8) is 0 Å². The maximum atomic E-state index is 10.0. The molecule has 2 atom stereocenters. The first-order valence-corrected chi connectivity index (χ1v) is 7.21. The van der Waals surface area contributed by atoms with Crippen LogP contribution >= 0.6 is 0 Å². The van der Waals surface area contributed by atoms with Crippen LogP contribution in [0.1, 0.15) is 51.2 Å². The van der Waals surface area contributed by atoms with Crippen LogP contribution in [0.5, 0.6) is 0 Å². The third-order valence-electron chi connectivity index (χ3n) is 3.50. The van der Waals surface area contributed by atoms with Crippen molar-refractivity contribution in [1.29, 1.82) is 0 Å². The molecule has 0 aliphatic heterocycles. The van der Waals surface area contributed by atoms with Gasteiger partial charge in [0.05, 0.1) is 6.10 Å². The van der Waals surface area contributed by atoms with Crippen LogP contribution in [-0.4, -0.2) is 18.2 Å². The zero-order valence-electron chi connectivity index (χ0n) is 11.7. The molecule has 0 unspecified atom stereocenters. The van der Waals surface area contributed by atoms with Crippen molar-refractivity contribution >= 4 is 0 Å². The lowest BCUT2D eigenvalue weighted by Crippen LogP contribution is -2.27. The maximum Gasteiger partial charge on any atom is 0.0914 e. The van der Waals surface area contributed by atoms with Gasteiger partial charge in [-0.25, -0.2) is 0 Å². The summed E-state index contributed by atoms with van der Waals surface area (Å²) >= 11 is 0. The molecule has 2 N–H and O–H groups in total. The fourth-order valence-corrected chi connectivity index (χ4v) is 2.16. The highest BCUT2D eigenvalue weighted by Crippen LogP contribution is 2.13. The third kappa shape index (κ3) is 5.65. The van der Waals surface area contributed by atoms with E-state index in [2.05, 4.69) is 19.2 Å². The molecule has 0 heterocycles. The lowest BCUT2D eigenvalue weighted by molar-refractivity contribution is 0.172. The Kier molecular flexibility index (Phi) is 7.70. The molecule has 1 aromatic carbocycles. The minimum atomic E-state index is -0.394. The Labute approximate surface area is 111 Å². The van der Waals surface area contributed by atoms with E-state index in [0.717, 1.165) is 18.0 Å². The summed E-state index contributed by atoms with van der Waals surface area (Å²) in [6.45, 7) is 6.14. The first-order valence-electron chi connectivity index (χ1n) is 7.21. The quantitative estimate of drug-likeness (QED) is 0.702. The lowest BCUT2D eigenvalue weighted by Gasteiger charge is -2.17. The predicted octanol–water partition coefficient (Wildman–Crippen LogP) is 3.53. The van der Waals surface area contributed by atoms with Gasteiger partial charge in [0.25, 0.3) is 0 Å². The molecule has 2 nitrogen and oxygen atoms in total. The minimum Gasteiger partial charge on any atom is -0.387 e. The molecule has 1 rings (SSSR count). The van der Waals surface area contributed by atoms with Gasteiger partial charge in [0.1, 0.15) is 0 Å². The summed E-state index contributed by atoms with van der Waals surface area (Å²) in [4.78, 5) is 0. The maximum absolute atomic E-state index is 10.0. The Morgan fingerprint density at radius 3 is 2.44 bits per heavy atom. The van der Waals surface area contributed by atoms with Crippen molar-refractivity contribution in [1.82, 2.24) is 5.32 Å². The first-order chi connectivity index (χ1) is 8.77. The predicted molar refractivity (Wildman–Crippen MR) is 77.6 cm³/mol. The third-order valence-corrected chi connectivity index (χ3v) is 3.50. The molecule has 0 fully saturated rings. The summed E-state index contributed by atoms with van der Waals surface area (Å²) < 4.78 is 0. The zero-order chi connectivity index (χ0) is 13.2. The van der Waals surface area contributed by atoms with Crippen molar-refractivity contribution in [2.45, 2.75) is 45.6 Å². The van der Waals surface area contributed by atoms with Crippen LogP contribution in [0.2, 0.25) is 0 Å². The van der Waals surface area contributed by atoms with Crippen LogP contribution in [0.15, 0.2) is 30.3 Å². The Morgan fingerprint density at radius 1 is 1.11 bits per heavy atom. The molecule has 2 heteroatoms. The van der Waals surface area contributed by atoms with E-state index in [-0.39, 0.29) is 0 Å². The summed E-state index contributed by atoms with van der Waals surface area (Å²) in [6, 6.07) is 9.85. The van der Waals surface area contributed by atoms with E-state index in [4.69, 9.17) is 0 Å². The second kappa shape index (κ2) is 9.12. The molecule has 18 heavy (non-hydrogen) atoms. The SMILES string of the molecule is CCCC[C@@H](CC)CNC[C@@H](O)c1ccccc1. The highest BCUT2D eigenvalue weighted by Gasteiger charge is 2.09. The molecule has 0 aliphatic carbocycles. The van der Waals surface area contributed by atoms with E-state index < -0.39 is 6.10 Å². The Bertz CT molecular complexity index is 299. The summed E-state index contributed by atoms with van der Waals surface area (Å²) in [5.74, 6) is 0.743. The number of benzene rings is 1. The Balaban J connectivity index is 2.24. The second-order valence-electron chi connectivity index (χ2n) is 5.00. The van der Waals surface area contributed by atoms with Gasteiger partial charge in [0.15, 0.2) is 0 Å². The van der Waals surface area contributed by atoms with Crippen LogP contribution in [0.4, 0.5) is 0 Å². The van der Waals surface area contributed by atoms with Crippen molar-refractivity contribution in [3.05, 3.63) is 35.9 Å². The van der Waals surface area contributed by atoms with Crippen LogP contribution in [0.3, 0.4) is 0 Å². The molecule has 0 amide bonds. The molecule has 0 aromatic heterocycles. The molecule has 0 bridgehead atoms. The average molecular weight is 249 g/mol. The van der Waals surface area contributed by atoms with Gasteiger partial charge in [-0.15, -0.1) is 0 Å².